The van der Waals surface area contributed by atoms with Crippen molar-refractivity contribution in [1.29, 1.82) is 0 Å². The van der Waals surface area contributed by atoms with Gasteiger partial charge in [0.25, 0.3) is 5.91 Å². The summed E-state index contributed by atoms with van der Waals surface area (Å²) in [4.78, 5) is 15.3. The van der Waals surface area contributed by atoms with Crippen LogP contribution in [-0.2, 0) is 0 Å². The number of H-pyrrole nitrogens is 1. The van der Waals surface area contributed by atoms with Crippen molar-refractivity contribution in [3.05, 3.63) is 59.3 Å². The number of hydrogen-bond donors (Lipinski definition) is 2. The predicted octanol–water partition coefficient (Wildman–Crippen LogP) is 6.10. The molecule has 186 valence electrons. The monoisotopic (exact) mass is 477 g/mol. The maximum Gasteiger partial charge on any atom is 0.273 e. The van der Waals surface area contributed by atoms with Crippen LogP contribution in [0.25, 0.3) is 11.3 Å². The van der Waals surface area contributed by atoms with Crippen molar-refractivity contribution in [1.82, 2.24) is 15.1 Å². The van der Waals surface area contributed by atoms with Gasteiger partial charge in [-0.2, -0.15) is 5.10 Å². The SMILES string of the molecule is CCCCCOc1ccc([C@H]2c3c(-c4ccccc4O)n[nH]c3C(=O)N2CCCC)cc1OCC. The number of rotatable bonds is 12. The lowest BCUT2D eigenvalue weighted by Gasteiger charge is -2.27. The van der Waals surface area contributed by atoms with Crippen molar-refractivity contribution in [2.24, 2.45) is 0 Å². The first kappa shape index (κ1) is 24.6. The summed E-state index contributed by atoms with van der Waals surface area (Å²) in [6, 6.07) is 12.7. The third-order valence-electron chi connectivity index (χ3n) is 6.36. The van der Waals surface area contributed by atoms with Gasteiger partial charge in [-0.1, -0.05) is 51.3 Å². The van der Waals surface area contributed by atoms with Gasteiger partial charge < -0.3 is 19.5 Å². The lowest BCUT2D eigenvalue weighted by atomic mass is 9.95. The van der Waals surface area contributed by atoms with Crippen molar-refractivity contribution in [2.75, 3.05) is 19.8 Å². The average Bonchev–Trinajstić information content (AvgIpc) is 3.40. The summed E-state index contributed by atoms with van der Waals surface area (Å²) in [5, 5.41) is 17.9. The number of aromatic amines is 1. The molecular weight excluding hydrogens is 442 g/mol. The van der Waals surface area contributed by atoms with E-state index in [1.165, 1.54) is 0 Å². The summed E-state index contributed by atoms with van der Waals surface area (Å²) >= 11 is 0. The first-order valence-electron chi connectivity index (χ1n) is 12.7. The first-order chi connectivity index (χ1) is 17.1. The van der Waals surface area contributed by atoms with E-state index in [1.807, 2.05) is 42.2 Å². The summed E-state index contributed by atoms with van der Waals surface area (Å²) in [5.41, 5.74) is 3.37. The Bertz CT molecular complexity index is 1160. The van der Waals surface area contributed by atoms with E-state index in [-0.39, 0.29) is 17.7 Å². The number of phenols is 1. The van der Waals surface area contributed by atoms with Gasteiger partial charge in [0.2, 0.25) is 0 Å². The standard InChI is InChI=1S/C28H35N3O4/c1-4-7-11-17-35-22-15-14-19(18-23(22)34-6-3)27-24-25(20-12-9-10-13-21(20)32)29-30-26(24)28(33)31(27)16-8-5-2/h9-10,12-15,18,27,32H,4-8,11,16-17H2,1-3H3,(H,29,30)/t27-/m0/s1. The molecule has 0 radical (unpaired) electrons. The van der Waals surface area contributed by atoms with Crippen LogP contribution in [0.3, 0.4) is 0 Å². The number of hydrogen-bond acceptors (Lipinski definition) is 5. The van der Waals surface area contributed by atoms with E-state index in [0.29, 0.717) is 48.2 Å². The fraction of sp³-hybridized carbons (Fsp3) is 0.429. The molecule has 0 bridgehead atoms. The van der Waals surface area contributed by atoms with Crippen LogP contribution in [0.15, 0.2) is 42.5 Å². The number of nitrogens with zero attached hydrogens (tertiary/aromatic N) is 2. The topological polar surface area (TPSA) is 87.7 Å². The highest BCUT2D eigenvalue weighted by Crippen LogP contribution is 2.46. The maximum absolute atomic E-state index is 13.4. The zero-order chi connectivity index (χ0) is 24.8. The third-order valence-corrected chi connectivity index (χ3v) is 6.36. The Hall–Kier alpha value is -3.48. The number of aromatic hydroxyl groups is 1. The van der Waals surface area contributed by atoms with Crippen LogP contribution >= 0.6 is 0 Å². The Kier molecular flexibility index (Phi) is 7.95. The molecular formula is C28H35N3O4. The van der Waals surface area contributed by atoms with Gasteiger partial charge in [-0.25, -0.2) is 0 Å². The highest BCUT2D eigenvalue weighted by molar-refractivity contribution is 6.00. The van der Waals surface area contributed by atoms with Crippen LogP contribution in [0.1, 0.15) is 80.5 Å². The van der Waals surface area contributed by atoms with E-state index in [9.17, 15) is 9.90 Å². The molecule has 3 aromatic rings. The number of carbonyl (C=O) groups excluding carboxylic acids is 1. The number of unbranched alkanes of at least 4 members (excludes halogenated alkanes) is 3. The minimum atomic E-state index is -0.342. The lowest BCUT2D eigenvalue weighted by molar-refractivity contribution is 0.0741. The molecule has 0 fully saturated rings. The van der Waals surface area contributed by atoms with Gasteiger partial charge in [0.05, 0.1) is 19.3 Å². The molecule has 2 heterocycles. The zero-order valence-electron chi connectivity index (χ0n) is 20.8. The summed E-state index contributed by atoms with van der Waals surface area (Å²) in [7, 11) is 0. The Morgan fingerprint density at radius 1 is 1.00 bits per heavy atom. The summed E-state index contributed by atoms with van der Waals surface area (Å²) < 4.78 is 12.0. The van der Waals surface area contributed by atoms with E-state index in [2.05, 4.69) is 24.0 Å². The smallest absolute Gasteiger partial charge is 0.273 e. The number of benzene rings is 2. The van der Waals surface area contributed by atoms with Crippen molar-refractivity contribution in [2.45, 2.75) is 58.9 Å². The van der Waals surface area contributed by atoms with E-state index in [1.54, 1.807) is 12.1 Å². The van der Waals surface area contributed by atoms with E-state index >= 15 is 0 Å². The molecule has 0 unspecified atom stereocenters. The summed E-state index contributed by atoms with van der Waals surface area (Å²) in [6.45, 7) is 8.01. The normalized spacial score (nSPS) is 14.9. The number of aromatic nitrogens is 2. The zero-order valence-corrected chi connectivity index (χ0v) is 20.8. The van der Waals surface area contributed by atoms with E-state index < -0.39 is 0 Å². The molecule has 1 aliphatic rings. The fourth-order valence-corrected chi connectivity index (χ4v) is 4.60. The van der Waals surface area contributed by atoms with Crippen LogP contribution in [-0.4, -0.2) is 45.9 Å². The minimum absolute atomic E-state index is 0.0783. The number of phenolic OH excluding ortho intramolecular Hbond substituents is 1. The number of ether oxygens (including phenoxy) is 2. The second-order valence-electron chi connectivity index (χ2n) is 8.83. The minimum Gasteiger partial charge on any atom is -0.507 e. The Balaban J connectivity index is 1.77. The molecule has 7 nitrogen and oxygen atoms in total. The molecule has 7 heteroatoms. The van der Waals surface area contributed by atoms with Gasteiger partial charge >= 0.3 is 0 Å². The largest absolute Gasteiger partial charge is 0.507 e. The van der Waals surface area contributed by atoms with Crippen LogP contribution in [0.4, 0.5) is 0 Å². The quantitative estimate of drug-likeness (QED) is 0.308. The van der Waals surface area contributed by atoms with Crippen LogP contribution in [0.2, 0.25) is 0 Å². The van der Waals surface area contributed by atoms with Crippen LogP contribution in [0.5, 0.6) is 17.2 Å². The Morgan fingerprint density at radius 2 is 1.80 bits per heavy atom. The van der Waals surface area contributed by atoms with Gasteiger partial charge in [-0.15, -0.1) is 0 Å². The molecule has 0 saturated carbocycles. The Labute approximate surface area is 207 Å². The molecule has 35 heavy (non-hydrogen) atoms. The van der Waals surface area contributed by atoms with Gasteiger partial charge in [0.15, 0.2) is 11.5 Å². The number of fused-ring (bicyclic) bond motifs is 1. The molecule has 0 saturated heterocycles. The second-order valence-corrected chi connectivity index (χ2v) is 8.83. The molecule has 0 spiro atoms. The number of para-hydroxylation sites is 1. The molecule has 2 N–H and O–H groups in total. The van der Waals surface area contributed by atoms with Crippen LogP contribution < -0.4 is 9.47 Å². The maximum atomic E-state index is 13.4. The van der Waals surface area contributed by atoms with E-state index in [0.717, 1.165) is 43.2 Å². The molecule has 1 atom stereocenters. The summed E-state index contributed by atoms with van der Waals surface area (Å²) in [6.07, 6.45) is 5.12. The third kappa shape index (κ3) is 4.99. The van der Waals surface area contributed by atoms with Gasteiger partial charge in [-0.05, 0) is 49.6 Å². The highest BCUT2D eigenvalue weighted by Gasteiger charge is 2.42. The van der Waals surface area contributed by atoms with Crippen molar-refractivity contribution >= 4 is 5.91 Å². The highest BCUT2D eigenvalue weighted by atomic mass is 16.5. The molecule has 1 aliphatic heterocycles. The average molecular weight is 478 g/mol. The summed E-state index contributed by atoms with van der Waals surface area (Å²) in [5.74, 6) is 1.44. The van der Waals surface area contributed by atoms with E-state index in [4.69, 9.17) is 9.47 Å². The predicted molar refractivity (Wildman–Crippen MR) is 136 cm³/mol. The molecule has 4 rings (SSSR count). The molecule has 1 amide bonds. The molecule has 2 aromatic carbocycles. The molecule has 0 aliphatic carbocycles. The van der Waals surface area contributed by atoms with Gasteiger partial charge in [0.1, 0.15) is 17.1 Å². The van der Waals surface area contributed by atoms with Gasteiger partial charge in [-0.3, -0.25) is 9.89 Å². The number of nitrogens with one attached hydrogen (secondary N) is 1. The number of carbonyl (C=O) groups is 1. The van der Waals surface area contributed by atoms with Crippen molar-refractivity contribution in [3.63, 3.8) is 0 Å². The van der Waals surface area contributed by atoms with Crippen molar-refractivity contribution in [3.8, 4) is 28.5 Å². The second kappa shape index (κ2) is 11.3. The van der Waals surface area contributed by atoms with Crippen LogP contribution in [0, 0.1) is 0 Å². The Morgan fingerprint density at radius 3 is 2.54 bits per heavy atom. The van der Waals surface area contributed by atoms with Gasteiger partial charge in [0, 0.05) is 17.7 Å². The number of amides is 1. The molecule has 1 aromatic heterocycles. The van der Waals surface area contributed by atoms with Crippen molar-refractivity contribution < 1.29 is 19.4 Å². The first-order valence-corrected chi connectivity index (χ1v) is 12.7. The lowest BCUT2D eigenvalue weighted by Crippen LogP contribution is -2.30. The fourth-order valence-electron chi connectivity index (χ4n) is 4.60.